The average molecular weight is 283 g/mol. The molecule has 1 amide bonds. The number of carboxylic acid groups (broad SMARTS) is 2. The van der Waals surface area contributed by atoms with Crippen molar-refractivity contribution in [1.29, 1.82) is 0 Å². The van der Waals surface area contributed by atoms with E-state index in [-0.39, 0.29) is 12.5 Å². The van der Waals surface area contributed by atoms with Crippen molar-refractivity contribution in [2.45, 2.75) is 32.7 Å². The van der Waals surface area contributed by atoms with Crippen LogP contribution in [0.2, 0.25) is 0 Å². The molecule has 0 aromatic carbocycles. The Morgan fingerprint density at radius 1 is 1.40 bits per heavy atom. The Balaban J connectivity index is 2.78. The van der Waals surface area contributed by atoms with Crippen LogP contribution >= 0.6 is 0 Å². The number of rotatable bonds is 7. The van der Waals surface area contributed by atoms with E-state index in [0.29, 0.717) is 12.8 Å². The van der Waals surface area contributed by atoms with Gasteiger partial charge >= 0.3 is 12.1 Å². The van der Waals surface area contributed by atoms with Crippen molar-refractivity contribution in [3.8, 4) is 0 Å². The number of aromatic nitrogens is 2. The van der Waals surface area contributed by atoms with Crippen LogP contribution in [-0.4, -0.2) is 49.3 Å². The van der Waals surface area contributed by atoms with E-state index >= 15 is 0 Å². The maximum atomic E-state index is 11.3. The minimum absolute atomic E-state index is 0.106. The van der Waals surface area contributed by atoms with Crippen molar-refractivity contribution in [2.75, 3.05) is 6.54 Å². The highest BCUT2D eigenvalue weighted by Crippen LogP contribution is 2.13. The van der Waals surface area contributed by atoms with Crippen molar-refractivity contribution >= 4 is 12.1 Å². The Morgan fingerprint density at radius 3 is 2.45 bits per heavy atom. The first-order chi connectivity index (χ1) is 9.32. The normalized spacial score (nSPS) is 12.4. The molecule has 0 aliphatic rings. The molecule has 0 aliphatic heterocycles. The SMILES string of the molecule is CC(C)CC(C(=O)O)N(CCc1cncn1C)C(=O)O. The number of amides is 1. The van der Waals surface area contributed by atoms with E-state index < -0.39 is 18.1 Å². The lowest BCUT2D eigenvalue weighted by atomic mass is 10.0. The van der Waals surface area contributed by atoms with Crippen molar-refractivity contribution in [2.24, 2.45) is 13.0 Å². The first-order valence-corrected chi connectivity index (χ1v) is 6.50. The van der Waals surface area contributed by atoms with Gasteiger partial charge in [0, 0.05) is 31.9 Å². The Bertz CT molecular complexity index is 470. The van der Waals surface area contributed by atoms with E-state index in [2.05, 4.69) is 4.98 Å². The van der Waals surface area contributed by atoms with E-state index in [1.165, 1.54) is 0 Å². The molecule has 0 fully saturated rings. The molecule has 0 saturated carbocycles. The van der Waals surface area contributed by atoms with Gasteiger partial charge in [-0.1, -0.05) is 13.8 Å². The minimum atomic E-state index is -1.21. The van der Waals surface area contributed by atoms with Crippen LogP contribution in [0.5, 0.6) is 0 Å². The highest BCUT2D eigenvalue weighted by atomic mass is 16.4. The molecule has 1 heterocycles. The second-order valence-electron chi connectivity index (χ2n) is 5.21. The number of hydrogen-bond acceptors (Lipinski definition) is 3. The summed E-state index contributed by atoms with van der Waals surface area (Å²) in [6.45, 7) is 3.88. The zero-order valence-corrected chi connectivity index (χ0v) is 12.0. The number of aliphatic carboxylic acids is 1. The monoisotopic (exact) mass is 283 g/mol. The number of carboxylic acids is 1. The van der Waals surface area contributed by atoms with Crippen LogP contribution in [-0.2, 0) is 18.3 Å². The third kappa shape index (κ3) is 4.25. The molecule has 1 aromatic rings. The topological polar surface area (TPSA) is 95.7 Å². The summed E-state index contributed by atoms with van der Waals surface area (Å²) in [7, 11) is 1.82. The second-order valence-corrected chi connectivity index (χ2v) is 5.21. The van der Waals surface area contributed by atoms with Gasteiger partial charge in [0.15, 0.2) is 0 Å². The molecule has 1 atom stereocenters. The van der Waals surface area contributed by atoms with Gasteiger partial charge in [0.1, 0.15) is 6.04 Å². The lowest BCUT2D eigenvalue weighted by Gasteiger charge is -2.27. The van der Waals surface area contributed by atoms with Gasteiger partial charge in [0.05, 0.1) is 6.33 Å². The third-order valence-electron chi connectivity index (χ3n) is 3.13. The Morgan fingerprint density at radius 2 is 2.05 bits per heavy atom. The van der Waals surface area contributed by atoms with Crippen LogP contribution in [0.1, 0.15) is 26.0 Å². The van der Waals surface area contributed by atoms with Crippen LogP contribution in [0.3, 0.4) is 0 Å². The molecule has 0 aliphatic carbocycles. The lowest BCUT2D eigenvalue weighted by Crippen LogP contribution is -2.46. The maximum absolute atomic E-state index is 11.3. The van der Waals surface area contributed by atoms with E-state index in [4.69, 9.17) is 0 Å². The molecule has 0 bridgehead atoms. The Kier molecular flexibility index (Phi) is 5.54. The molecule has 0 saturated heterocycles. The number of imidazole rings is 1. The fourth-order valence-electron chi connectivity index (χ4n) is 2.05. The first kappa shape index (κ1) is 16.0. The van der Waals surface area contributed by atoms with Gasteiger partial charge in [-0.2, -0.15) is 0 Å². The molecule has 1 rings (SSSR count). The van der Waals surface area contributed by atoms with Gasteiger partial charge < -0.3 is 14.8 Å². The Hall–Kier alpha value is -2.05. The molecule has 0 spiro atoms. The van der Waals surface area contributed by atoms with E-state index in [0.717, 1.165) is 10.6 Å². The fraction of sp³-hybridized carbons (Fsp3) is 0.615. The van der Waals surface area contributed by atoms with Gasteiger partial charge in [-0.05, 0) is 12.3 Å². The number of nitrogens with zero attached hydrogens (tertiary/aromatic N) is 3. The molecule has 20 heavy (non-hydrogen) atoms. The fourth-order valence-corrected chi connectivity index (χ4v) is 2.05. The molecule has 1 aromatic heterocycles. The summed E-state index contributed by atoms with van der Waals surface area (Å²) in [6, 6.07) is -1.01. The maximum Gasteiger partial charge on any atom is 0.408 e. The smallest absolute Gasteiger partial charge is 0.408 e. The average Bonchev–Trinajstić information content (AvgIpc) is 2.72. The summed E-state index contributed by atoms with van der Waals surface area (Å²) in [5.41, 5.74) is 0.866. The van der Waals surface area contributed by atoms with E-state index in [1.54, 1.807) is 17.1 Å². The summed E-state index contributed by atoms with van der Waals surface area (Å²) < 4.78 is 1.79. The van der Waals surface area contributed by atoms with Crippen LogP contribution in [0.4, 0.5) is 4.79 Å². The molecule has 0 radical (unpaired) electrons. The van der Waals surface area contributed by atoms with E-state index in [1.807, 2.05) is 20.9 Å². The highest BCUT2D eigenvalue weighted by molar-refractivity contribution is 5.79. The van der Waals surface area contributed by atoms with Gasteiger partial charge in [-0.25, -0.2) is 14.6 Å². The lowest BCUT2D eigenvalue weighted by molar-refractivity contribution is -0.143. The minimum Gasteiger partial charge on any atom is -0.480 e. The van der Waals surface area contributed by atoms with Crippen LogP contribution in [0, 0.1) is 5.92 Å². The third-order valence-corrected chi connectivity index (χ3v) is 3.13. The number of carbonyl (C=O) groups is 2. The highest BCUT2D eigenvalue weighted by Gasteiger charge is 2.30. The van der Waals surface area contributed by atoms with Gasteiger partial charge in [-0.3, -0.25) is 4.90 Å². The van der Waals surface area contributed by atoms with Gasteiger partial charge in [-0.15, -0.1) is 0 Å². The van der Waals surface area contributed by atoms with Crippen LogP contribution < -0.4 is 0 Å². The summed E-state index contributed by atoms with van der Waals surface area (Å²) in [6.07, 6.45) is 2.80. The van der Waals surface area contributed by atoms with Crippen molar-refractivity contribution in [3.05, 3.63) is 18.2 Å². The van der Waals surface area contributed by atoms with Crippen LogP contribution in [0.25, 0.3) is 0 Å². The largest absolute Gasteiger partial charge is 0.480 e. The molecule has 1 unspecified atom stereocenters. The van der Waals surface area contributed by atoms with Crippen molar-refractivity contribution in [3.63, 3.8) is 0 Å². The van der Waals surface area contributed by atoms with Crippen molar-refractivity contribution in [1.82, 2.24) is 14.5 Å². The quantitative estimate of drug-likeness (QED) is 0.789. The first-order valence-electron chi connectivity index (χ1n) is 6.50. The molecule has 7 nitrogen and oxygen atoms in total. The molecular weight excluding hydrogens is 262 g/mol. The molecular formula is C13H21N3O4. The standard InChI is InChI=1S/C13H21N3O4/c1-9(2)6-11(12(17)18)16(13(19)20)5-4-10-7-14-8-15(10)3/h7-9,11H,4-6H2,1-3H3,(H,17,18)(H,19,20). The predicted octanol–water partition coefficient (Wildman–Crippen LogP) is 1.44. The molecule has 2 N–H and O–H groups in total. The zero-order chi connectivity index (χ0) is 15.3. The summed E-state index contributed by atoms with van der Waals surface area (Å²) in [5, 5.41) is 18.5. The Labute approximate surface area is 117 Å². The summed E-state index contributed by atoms with van der Waals surface area (Å²) >= 11 is 0. The van der Waals surface area contributed by atoms with Crippen molar-refractivity contribution < 1.29 is 19.8 Å². The molecule has 112 valence electrons. The summed E-state index contributed by atoms with van der Waals surface area (Å²) in [5.74, 6) is -0.999. The number of hydrogen-bond donors (Lipinski definition) is 2. The van der Waals surface area contributed by atoms with Crippen LogP contribution in [0.15, 0.2) is 12.5 Å². The zero-order valence-electron chi connectivity index (χ0n) is 12.0. The number of aryl methyl sites for hydroxylation is 1. The molecule has 7 heteroatoms. The van der Waals surface area contributed by atoms with Gasteiger partial charge in [0.25, 0.3) is 0 Å². The predicted molar refractivity (Wildman–Crippen MR) is 72.5 cm³/mol. The van der Waals surface area contributed by atoms with E-state index in [9.17, 15) is 19.8 Å². The summed E-state index contributed by atoms with van der Waals surface area (Å²) in [4.78, 5) is 27.5. The second kappa shape index (κ2) is 6.93. The van der Waals surface area contributed by atoms with Gasteiger partial charge in [0.2, 0.25) is 0 Å².